The minimum absolute atomic E-state index is 0.114. The van der Waals surface area contributed by atoms with Crippen LogP contribution in [0.3, 0.4) is 0 Å². The maximum absolute atomic E-state index is 12.4. The molecule has 11 heteroatoms. The highest BCUT2D eigenvalue weighted by Gasteiger charge is 2.25. The number of ether oxygens (including phenoxy) is 2. The number of benzene rings is 2. The maximum Gasteiger partial charge on any atom is 0.270 e. The fourth-order valence-electron chi connectivity index (χ4n) is 2.99. The highest BCUT2D eigenvalue weighted by Crippen LogP contribution is 2.36. The van der Waals surface area contributed by atoms with Crippen molar-refractivity contribution >= 4 is 51.9 Å². The largest absolute Gasteiger partial charge is 0.497 e. The summed E-state index contributed by atoms with van der Waals surface area (Å²) in [7, 11) is 3.08. The number of hydrogen-bond donors (Lipinski definition) is 1. The molecule has 3 aromatic rings. The van der Waals surface area contributed by atoms with Crippen molar-refractivity contribution < 1.29 is 23.6 Å². The van der Waals surface area contributed by atoms with Gasteiger partial charge in [-0.1, -0.05) is 11.6 Å². The van der Waals surface area contributed by atoms with Crippen LogP contribution in [0.1, 0.15) is 5.76 Å². The van der Waals surface area contributed by atoms with Crippen LogP contribution in [0.15, 0.2) is 62.8 Å². The number of carbonyl (C=O) groups excluding carboxylic acids is 1. The number of rotatable bonds is 6. The van der Waals surface area contributed by atoms with E-state index in [9.17, 15) is 14.9 Å². The summed E-state index contributed by atoms with van der Waals surface area (Å²) in [5.41, 5.74) is 0.928. The molecule has 1 aliphatic heterocycles. The van der Waals surface area contributed by atoms with E-state index >= 15 is 0 Å². The van der Waals surface area contributed by atoms with E-state index < -0.39 is 4.92 Å². The van der Waals surface area contributed by atoms with Gasteiger partial charge in [0, 0.05) is 29.8 Å². The van der Waals surface area contributed by atoms with Crippen LogP contribution >= 0.6 is 23.4 Å². The second-order valence-corrected chi connectivity index (χ2v) is 8.08. The van der Waals surface area contributed by atoms with E-state index in [0.29, 0.717) is 44.3 Å². The molecule has 0 spiro atoms. The Labute approximate surface area is 197 Å². The van der Waals surface area contributed by atoms with E-state index in [-0.39, 0.29) is 16.6 Å². The highest BCUT2D eigenvalue weighted by molar-refractivity contribution is 8.18. The van der Waals surface area contributed by atoms with E-state index in [4.69, 9.17) is 25.5 Å². The van der Waals surface area contributed by atoms with Gasteiger partial charge in [0.05, 0.1) is 29.1 Å². The van der Waals surface area contributed by atoms with E-state index in [0.717, 1.165) is 11.8 Å². The zero-order valence-corrected chi connectivity index (χ0v) is 18.9. The molecule has 0 atom stereocenters. The van der Waals surface area contributed by atoms with Crippen LogP contribution in [-0.4, -0.2) is 30.2 Å². The first-order valence-corrected chi connectivity index (χ1v) is 10.6. The average molecular weight is 486 g/mol. The van der Waals surface area contributed by atoms with E-state index in [1.54, 1.807) is 43.5 Å². The van der Waals surface area contributed by atoms with Crippen LogP contribution in [0, 0.1) is 10.1 Å². The fourth-order valence-corrected chi connectivity index (χ4v) is 4.07. The van der Waals surface area contributed by atoms with Crippen molar-refractivity contribution in [2.75, 3.05) is 14.2 Å². The van der Waals surface area contributed by atoms with Gasteiger partial charge in [-0.25, -0.2) is 4.99 Å². The first kappa shape index (κ1) is 22.4. The van der Waals surface area contributed by atoms with Gasteiger partial charge >= 0.3 is 0 Å². The first-order chi connectivity index (χ1) is 15.9. The fraction of sp³-hybridized carbons (Fsp3) is 0.0909. The number of halogens is 1. The molecule has 0 aliphatic carbocycles. The van der Waals surface area contributed by atoms with Gasteiger partial charge in [-0.05, 0) is 42.1 Å². The Morgan fingerprint density at radius 2 is 1.97 bits per heavy atom. The van der Waals surface area contributed by atoms with Crippen molar-refractivity contribution in [3.8, 4) is 22.8 Å². The molecule has 33 heavy (non-hydrogen) atoms. The Bertz CT molecular complexity index is 1320. The molecule has 2 aromatic carbocycles. The molecule has 0 bridgehead atoms. The number of carbonyl (C=O) groups is 1. The number of nitrogens with one attached hydrogen (secondary N) is 1. The van der Waals surface area contributed by atoms with Gasteiger partial charge in [-0.2, -0.15) is 0 Å². The van der Waals surface area contributed by atoms with Gasteiger partial charge in [0.25, 0.3) is 11.6 Å². The van der Waals surface area contributed by atoms with Crippen LogP contribution in [0.5, 0.6) is 11.5 Å². The summed E-state index contributed by atoms with van der Waals surface area (Å²) in [6.45, 7) is 0. The van der Waals surface area contributed by atoms with Gasteiger partial charge in [0.2, 0.25) is 0 Å². The van der Waals surface area contributed by atoms with E-state index in [2.05, 4.69) is 10.3 Å². The third-order valence-electron chi connectivity index (χ3n) is 4.59. The molecule has 1 aromatic heterocycles. The first-order valence-electron chi connectivity index (χ1n) is 9.43. The van der Waals surface area contributed by atoms with Crippen LogP contribution in [0.4, 0.5) is 11.4 Å². The van der Waals surface area contributed by atoms with Crippen molar-refractivity contribution in [2.45, 2.75) is 0 Å². The molecule has 1 fully saturated rings. The van der Waals surface area contributed by atoms with Crippen LogP contribution in [-0.2, 0) is 4.79 Å². The number of amidine groups is 1. The SMILES string of the molecule is COc1ccc(N=C2NC(=O)C(=Cc3ccc(-c4ccc([N+](=O)[O-])cc4Cl)o3)S2)c(OC)c1. The topological polar surface area (TPSA) is 116 Å². The lowest BCUT2D eigenvalue weighted by Crippen LogP contribution is -2.19. The molecule has 1 N–H and O–H groups in total. The zero-order valence-electron chi connectivity index (χ0n) is 17.3. The molecule has 1 saturated heterocycles. The number of aliphatic imine (C=N–C) groups is 1. The van der Waals surface area contributed by atoms with Crippen LogP contribution < -0.4 is 14.8 Å². The average Bonchev–Trinajstić information content (AvgIpc) is 3.40. The quantitative estimate of drug-likeness (QED) is 0.281. The predicted molar refractivity (Wildman–Crippen MR) is 126 cm³/mol. The molecule has 0 radical (unpaired) electrons. The summed E-state index contributed by atoms with van der Waals surface area (Å²) in [5.74, 6) is 1.64. The van der Waals surface area contributed by atoms with Gasteiger partial charge in [0.1, 0.15) is 28.7 Å². The Hall–Kier alpha value is -3.76. The molecule has 1 amide bonds. The van der Waals surface area contributed by atoms with E-state index in [1.165, 1.54) is 25.3 Å². The number of thioether (sulfide) groups is 1. The van der Waals surface area contributed by atoms with Gasteiger partial charge in [-0.15, -0.1) is 0 Å². The number of nitrogens with zero attached hydrogens (tertiary/aromatic N) is 2. The predicted octanol–water partition coefficient (Wildman–Crippen LogP) is 5.42. The molecule has 168 valence electrons. The van der Waals surface area contributed by atoms with Gasteiger partial charge in [-0.3, -0.25) is 14.9 Å². The number of nitro groups is 1. The molecule has 9 nitrogen and oxygen atoms in total. The monoisotopic (exact) mass is 485 g/mol. The molecular weight excluding hydrogens is 470 g/mol. The van der Waals surface area contributed by atoms with Crippen LogP contribution in [0.25, 0.3) is 17.4 Å². The van der Waals surface area contributed by atoms with Crippen molar-refractivity contribution in [3.05, 3.63) is 74.3 Å². The third-order valence-corrected chi connectivity index (χ3v) is 5.81. The minimum Gasteiger partial charge on any atom is -0.497 e. The lowest BCUT2D eigenvalue weighted by molar-refractivity contribution is -0.384. The number of nitro benzene ring substituents is 1. The summed E-state index contributed by atoms with van der Waals surface area (Å²) in [6.07, 6.45) is 1.58. The summed E-state index contributed by atoms with van der Waals surface area (Å²) in [4.78, 5) is 27.6. The number of hydrogen-bond acceptors (Lipinski definition) is 8. The van der Waals surface area contributed by atoms with Gasteiger partial charge in [0.15, 0.2) is 5.17 Å². The summed E-state index contributed by atoms with van der Waals surface area (Å²) < 4.78 is 16.3. The molecule has 1 aliphatic rings. The van der Waals surface area contributed by atoms with Crippen molar-refractivity contribution in [1.29, 1.82) is 0 Å². The second-order valence-electron chi connectivity index (χ2n) is 6.64. The Morgan fingerprint density at radius 3 is 2.67 bits per heavy atom. The van der Waals surface area contributed by atoms with Gasteiger partial charge < -0.3 is 19.2 Å². The number of methoxy groups -OCH3 is 2. The maximum atomic E-state index is 12.4. The molecule has 0 unspecified atom stereocenters. The Morgan fingerprint density at radius 1 is 1.15 bits per heavy atom. The highest BCUT2D eigenvalue weighted by atomic mass is 35.5. The molecule has 2 heterocycles. The standard InChI is InChI=1S/C22H16ClN3O6S/c1-30-13-4-7-17(19(10-13)31-2)24-22-25-21(27)20(33-22)11-14-5-8-18(32-14)15-6-3-12(26(28)29)9-16(15)23/h3-11H,1-2H3,(H,24,25,27). The second kappa shape index (κ2) is 9.39. The third kappa shape index (κ3) is 4.86. The minimum atomic E-state index is -0.524. The normalized spacial score (nSPS) is 15.7. The van der Waals surface area contributed by atoms with Crippen molar-refractivity contribution in [2.24, 2.45) is 4.99 Å². The number of non-ortho nitro benzene ring substituents is 1. The van der Waals surface area contributed by atoms with Crippen molar-refractivity contribution in [3.63, 3.8) is 0 Å². The van der Waals surface area contributed by atoms with E-state index in [1.807, 2.05) is 0 Å². The summed E-state index contributed by atoms with van der Waals surface area (Å²) >= 11 is 7.32. The Kier molecular flexibility index (Phi) is 6.38. The number of amides is 1. The lowest BCUT2D eigenvalue weighted by atomic mass is 10.1. The summed E-state index contributed by atoms with van der Waals surface area (Å²) in [6, 6.07) is 12.6. The summed E-state index contributed by atoms with van der Waals surface area (Å²) in [5, 5.41) is 14.2. The molecule has 4 rings (SSSR count). The molecule has 0 saturated carbocycles. The lowest BCUT2D eigenvalue weighted by Gasteiger charge is -2.07. The Balaban J connectivity index is 1.56. The zero-order chi connectivity index (χ0) is 23.5. The van der Waals surface area contributed by atoms with Crippen LogP contribution in [0.2, 0.25) is 5.02 Å². The smallest absolute Gasteiger partial charge is 0.270 e. The number of furan rings is 1. The molecular formula is C22H16ClN3O6S. The van der Waals surface area contributed by atoms with Crippen molar-refractivity contribution in [1.82, 2.24) is 5.32 Å².